The standard InChI is InChI=1S/C14H22N2O4S/c1-3-12-10-20-7-6-16(12)21(17,18)14-8-11(9-15)4-5-13(14)19-2/h4-5,8,12H,3,6-7,9-10,15H2,1-2H3. The summed E-state index contributed by atoms with van der Waals surface area (Å²) in [7, 11) is -2.16. The molecule has 1 aliphatic rings. The predicted octanol–water partition coefficient (Wildman–Crippen LogP) is 0.953. The van der Waals surface area contributed by atoms with Crippen LogP contribution in [0.15, 0.2) is 23.1 Å². The molecule has 7 heteroatoms. The van der Waals surface area contributed by atoms with Crippen LogP contribution in [0.1, 0.15) is 18.9 Å². The lowest BCUT2D eigenvalue weighted by atomic mass is 10.2. The van der Waals surface area contributed by atoms with Gasteiger partial charge in [0.15, 0.2) is 0 Å². The Labute approximate surface area is 125 Å². The summed E-state index contributed by atoms with van der Waals surface area (Å²) in [6.45, 7) is 3.43. The first-order valence-corrected chi connectivity index (χ1v) is 8.45. The highest BCUT2D eigenvalue weighted by molar-refractivity contribution is 7.89. The van der Waals surface area contributed by atoms with Crippen molar-refractivity contribution in [2.45, 2.75) is 30.8 Å². The maximum Gasteiger partial charge on any atom is 0.247 e. The third-order valence-electron chi connectivity index (χ3n) is 3.70. The Morgan fingerprint density at radius 3 is 2.86 bits per heavy atom. The van der Waals surface area contributed by atoms with Gasteiger partial charge in [-0.15, -0.1) is 0 Å². The van der Waals surface area contributed by atoms with Gasteiger partial charge in [-0.05, 0) is 24.1 Å². The molecule has 2 rings (SSSR count). The van der Waals surface area contributed by atoms with Gasteiger partial charge in [0.2, 0.25) is 10.0 Å². The number of methoxy groups -OCH3 is 1. The van der Waals surface area contributed by atoms with Crippen LogP contribution < -0.4 is 10.5 Å². The molecule has 6 nitrogen and oxygen atoms in total. The average Bonchev–Trinajstić information content (AvgIpc) is 2.54. The van der Waals surface area contributed by atoms with Crippen molar-refractivity contribution < 1.29 is 17.9 Å². The fraction of sp³-hybridized carbons (Fsp3) is 0.571. The van der Waals surface area contributed by atoms with Crippen molar-refractivity contribution >= 4 is 10.0 Å². The summed E-state index contributed by atoms with van der Waals surface area (Å²) in [4.78, 5) is 0.174. The van der Waals surface area contributed by atoms with Crippen LogP contribution in [0.3, 0.4) is 0 Å². The summed E-state index contributed by atoms with van der Waals surface area (Å²) < 4.78 is 38.0. The summed E-state index contributed by atoms with van der Waals surface area (Å²) in [6.07, 6.45) is 0.706. The van der Waals surface area contributed by atoms with Crippen LogP contribution in [0.5, 0.6) is 5.75 Å². The van der Waals surface area contributed by atoms with Gasteiger partial charge in [-0.25, -0.2) is 8.42 Å². The molecule has 1 saturated heterocycles. The summed E-state index contributed by atoms with van der Waals surface area (Å²) in [6, 6.07) is 4.87. The highest BCUT2D eigenvalue weighted by Crippen LogP contribution is 2.30. The molecule has 118 valence electrons. The number of nitrogens with two attached hydrogens (primary N) is 1. The molecule has 1 atom stereocenters. The fourth-order valence-electron chi connectivity index (χ4n) is 2.45. The van der Waals surface area contributed by atoms with Gasteiger partial charge in [0.1, 0.15) is 10.6 Å². The van der Waals surface area contributed by atoms with Gasteiger partial charge >= 0.3 is 0 Å². The lowest BCUT2D eigenvalue weighted by Gasteiger charge is -2.34. The quantitative estimate of drug-likeness (QED) is 0.875. The zero-order valence-corrected chi connectivity index (χ0v) is 13.2. The minimum atomic E-state index is -3.63. The predicted molar refractivity (Wildman–Crippen MR) is 79.7 cm³/mol. The van der Waals surface area contributed by atoms with Crippen molar-refractivity contribution in [1.82, 2.24) is 4.31 Å². The van der Waals surface area contributed by atoms with E-state index < -0.39 is 10.0 Å². The molecule has 21 heavy (non-hydrogen) atoms. The summed E-state index contributed by atoms with van der Waals surface area (Å²) in [5.74, 6) is 0.341. The molecule has 0 saturated carbocycles. The first-order chi connectivity index (χ1) is 10.0. The molecule has 0 spiro atoms. The van der Waals surface area contributed by atoms with E-state index in [4.69, 9.17) is 15.2 Å². The van der Waals surface area contributed by atoms with E-state index in [0.29, 0.717) is 31.9 Å². The zero-order chi connectivity index (χ0) is 15.5. The normalized spacial score (nSPS) is 20.4. The molecule has 1 aromatic rings. The van der Waals surface area contributed by atoms with E-state index in [1.54, 1.807) is 18.2 Å². The number of sulfonamides is 1. The van der Waals surface area contributed by atoms with Crippen molar-refractivity contribution in [3.05, 3.63) is 23.8 Å². The Balaban J connectivity index is 2.47. The largest absolute Gasteiger partial charge is 0.495 e. The number of hydrogen-bond acceptors (Lipinski definition) is 5. The van der Waals surface area contributed by atoms with Gasteiger partial charge in [0.05, 0.1) is 20.3 Å². The van der Waals surface area contributed by atoms with Gasteiger partial charge in [0, 0.05) is 19.1 Å². The molecule has 1 heterocycles. The Hall–Kier alpha value is -1.15. The van der Waals surface area contributed by atoms with Crippen LogP contribution in [0.2, 0.25) is 0 Å². The SMILES string of the molecule is CCC1COCCN1S(=O)(=O)c1cc(CN)ccc1OC. The highest BCUT2D eigenvalue weighted by atomic mass is 32.2. The molecule has 0 aromatic heterocycles. The summed E-state index contributed by atoms with van der Waals surface area (Å²) >= 11 is 0. The van der Waals surface area contributed by atoms with Gasteiger partial charge in [-0.2, -0.15) is 4.31 Å². The highest BCUT2D eigenvalue weighted by Gasteiger charge is 2.35. The number of morpholine rings is 1. The number of nitrogens with zero attached hydrogens (tertiary/aromatic N) is 1. The first-order valence-electron chi connectivity index (χ1n) is 7.01. The van der Waals surface area contributed by atoms with Crippen LogP contribution in [0.4, 0.5) is 0 Å². The Bertz CT molecular complexity index is 589. The lowest BCUT2D eigenvalue weighted by Crippen LogP contribution is -2.48. The Kier molecular flexibility index (Phi) is 5.21. The molecule has 1 aromatic carbocycles. The van der Waals surface area contributed by atoms with Crippen LogP contribution in [-0.4, -0.2) is 45.6 Å². The van der Waals surface area contributed by atoms with Gasteiger partial charge in [-0.3, -0.25) is 0 Å². The molecule has 1 aliphatic heterocycles. The summed E-state index contributed by atoms with van der Waals surface area (Å²) in [5.41, 5.74) is 6.38. The lowest BCUT2D eigenvalue weighted by molar-refractivity contribution is 0.0313. The minimum Gasteiger partial charge on any atom is -0.495 e. The second kappa shape index (κ2) is 6.74. The number of hydrogen-bond donors (Lipinski definition) is 1. The second-order valence-corrected chi connectivity index (χ2v) is 6.80. The third-order valence-corrected chi connectivity index (χ3v) is 5.67. The zero-order valence-electron chi connectivity index (χ0n) is 12.4. The van der Waals surface area contributed by atoms with Crippen LogP contribution in [-0.2, 0) is 21.3 Å². The Morgan fingerprint density at radius 2 is 2.24 bits per heavy atom. The Morgan fingerprint density at radius 1 is 1.48 bits per heavy atom. The molecular formula is C14H22N2O4S. The molecular weight excluding hydrogens is 292 g/mol. The van der Waals surface area contributed by atoms with Gasteiger partial charge in [-0.1, -0.05) is 13.0 Å². The van der Waals surface area contributed by atoms with E-state index in [9.17, 15) is 8.42 Å². The monoisotopic (exact) mass is 314 g/mol. The molecule has 2 N–H and O–H groups in total. The second-order valence-electron chi connectivity index (χ2n) is 4.94. The van der Waals surface area contributed by atoms with Crippen LogP contribution >= 0.6 is 0 Å². The molecule has 0 radical (unpaired) electrons. The first kappa shape index (κ1) is 16.2. The maximum absolute atomic E-state index is 13.0. The average molecular weight is 314 g/mol. The fourth-order valence-corrected chi connectivity index (χ4v) is 4.33. The summed E-state index contributed by atoms with van der Waals surface area (Å²) in [5, 5.41) is 0. The van der Waals surface area contributed by atoms with Crippen LogP contribution in [0, 0.1) is 0 Å². The van der Waals surface area contributed by atoms with E-state index in [1.807, 2.05) is 6.92 Å². The van der Waals surface area contributed by atoms with Gasteiger partial charge in [0.25, 0.3) is 0 Å². The molecule has 1 fully saturated rings. The molecule has 0 bridgehead atoms. The minimum absolute atomic E-state index is 0.144. The van der Waals surface area contributed by atoms with Gasteiger partial charge < -0.3 is 15.2 Å². The molecule has 1 unspecified atom stereocenters. The van der Waals surface area contributed by atoms with Crippen molar-refractivity contribution in [2.24, 2.45) is 5.73 Å². The van der Waals surface area contributed by atoms with E-state index >= 15 is 0 Å². The number of rotatable bonds is 5. The van der Waals surface area contributed by atoms with E-state index in [2.05, 4.69) is 0 Å². The van der Waals surface area contributed by atoms with Crippen molar-refractivity contribution in [1.29, 1.82) is 0 Å². The van der Waals surface area contributed by atoms with E-state index in [1.165, 1.54) is 11.4 Å². The topological polar surface area (TPSA) is 81.9 Å². The van der Waals surface area contributed by atoms with E-state index in [0.717, 1.165) is 5.56 Å². The molecule has 0 aliphatic carbocycles. The van der Waals surface area contributed by atoms with Crippen molar-refractivity contribution in [3.8, 4) is 5.75 Å². The van der Waals surface area contributed by atoms with E-state index in [-0.39, 0.29) is 17.5 Å². The smallest absolute Gasteiger partial charge is 0.247 e. The number of ether oxygens (including phenoxy) is 2. The molecule has 0 amide bonds. The third kappa shape index (κ3) is 3.21. The van der Waals surface area contributed by atoms with Crippen molar-refractivity contribution in [2.75, 3.05) is 26.9 Å². The maximum atomic E-state index is 13.0. The van der Waals surface area contributed by atoms with Crippen LogP contribution in [0.25, 0.3) is 0 Å². The van der Waals surface area contributed by atoms with Crippen molar-refractivity contribution in [3.63, 3.8) is 0 Å². The number of benzene rings is 1.